The molecule has 0 saturated carbocycles. The van der Waals surface area contributed by atoms with Crippen LogP contribution in [-0.4, -0.2) is 42.5 Å². The Morgan fingerprint density at radius 1 is 1.03 bits per heavy atom. The van der Waals surface area contributed by atoms with Crippen molar-refractivity contribution in [3.05, 3.63) is 83.3 Å². The summed E-state index contributed by atoms with van der Waals surface area (Å²) in [5.74, 6) is 0.369. The highest BCUT2D eigenvalue weighted by atomic mass is 16.5. The second kappa shape index (κ2) is 11.0. The van der Waals surface area contributed by atoms with E-state index in [9.17, 15) is 14.7 Å². The quantitative estimate of drug-likeness (QED) is 0.182. The minimum atomic E-state index is -0.865. The van der Waals surface area contributed by atoms with Gasteiger partial charge in [-0.1, -0.05) is 19.4 Å². The number of benzene rings is 2. The standard InChI is InChI=1S/C28H29NO7/c1-4-5-14-36-22-13-10-19(16-23(22)34-3)25-24(26(30)18-8-11-20(33-2)12-9-18)27(31)28(32)29(25)17-21-7-6-15-35-21/h6-13,15-16,25,30H,4-5,14,17H2,1-3H3. The fraction of sp³-hybridized carbons (Fsp3) is 0.286. The predicted octanol–water partition coefficient (Wildman–Crippen LogP) is 5.10. The van der Waals surface area contributed by atoms with E-state index in [4.69, 9.17) is 18.6 Å². The molecule has 3 aromatic rings. The Kier molecular flexibility index (Phi) is 7.63. The molecule has 1 aliphatic rings. The van der Waals surface area contributed by atoms with Crippen molar-refractivity contribution in [1.82, 2.24) is 4.90 Å². The van der Waals surface area contributed by atoms with Gasteiger partial charge in [-0.2, -0.15) is 0 Å². The molecule has 1 aliphatic heterocycles. The summed E-state index contributed by atoms with van der Waals surface area (Å²) in [6, 6.07) is 14.5. The summed E-state index contributed by atoms with van der Waals surface area (Å²) in [7, 11) is 3.07. The van der Waals surface area contributed by atoms with Gasteiger partial charge in [0.1, 0.15) is 17.3 Å². The molecule has 1 amide bonds. The van der Waals surface area contributed by atoms with Crippen LogP contribution < -0.4 is 14.2 Å². The first-order valence-corrected chi connectivity index (χ1v) is 11.7. The van der Waals surface area contributed by atoms with Crippen LogP contribution in [0.5, 0.6) is 17.2 Å². The molecule has 4 rings (SSSR count). The van der Waals surface area contributed by atoms with Gasteiger partial charge in [-0.15, -0.1) is 0 Å². The van der Waals surface area contributed by atoms with Crippen LogP contribution in [-0.2, 0) is 16.1 Å². The second-order valence-corrected chi connectivity index (χ2v) is 8.35. The number of carbonyl (C=O) groups excluding carboxylic acids is 2. The van der Waals surface area contributed by atoms with Crippen molar-refractivity contribution in [3.63, 3.8) is 0 Å². The second-order valence-electron chi connectivity index (χ2n) is 8.35. The van der Waals surface area contributed by atoms with E-state index in [1.807, 2.05) is 0 Å². The summed E-state index contributed by atoms with van der Waals surface area (Å²) in [4.78, 5) is 27.8. The minimum Gasteiger partial charge on any atom is -0.507 e. The Hall–Kier alpha value is -4.20. The number of ether oxygens (including phenoxy) is 3. The molecule has 36 heavy (non-hydrogen) atoms. The molecule has 8 nitrogen and oxygen atoms in total. The Morgan fingerprint density at radius 3 is 2.44 bits per heavy atom. The molecule has 8 heteroatoms. The van der Waals surface area contributed by atoms with Gasteiger partial charge in [0.15, 0.2) is 11.5 Å². The number of aliphatic hydroxyl groups excluding tert-OH is 1. The van der Waals surface area contributed by atoms with Crippen molar-refractivity contribution in [2.24, 2.45) is 0 Å². The molecule has 1 atom stereocenters. The number of ketones is 1. The summed E-state index contributed by atoms with van der Waals surface area (Å²) in [5, 5.41) is 11.2. The lowest BCUT2D eigenvalue weighted by Gasteiger charge is -2.25. The minimum absolute atomic E-state index is 0.0153. The number of carbonyl (C=O) groups is 2. The Morgan fingerprint density at radius 2 is 1.81 bits per heavy atom. The van der Waals surface area contributed by atoms with Gasteiger partial charge < -0.3 is 28.6 Å². The largest absolute Gasteiger partial charge is 0.507 e. The first kappa shape index (κ1) is 24.9. The van der Waals surface area contributed by atoms with Gasteiger partial charge in [0.05, 0.1) is 45.2 Å². The monoisotopic (exact) mass is 491 g/mol. The summed E-state index contributed by atoms with van der Waals surface area (Å²) in [6.45, 7) is 2.67. The summed E-state index contributed by atoms with van der Waals surface area (Å²) >= 11 is 0. The lowest BCUT2D eigenvalue weighted by atomic mass is 9.95. The maximum Gasteiger partial charge on any atom is 0.296 e. The molecule has 1 saturated heterocycles. The maximum absolute atomic E-state index is 13.2. The lowest BCUT2D eigenvalue weighted by molar-refractivity contribution is -0.140. The average Bonchev–Trinajstić information content (AvgIpc) is 3.51. The number of nitrogens with zero attached hydrogens (tertiary/aromatic N) is 1. The van der Waals surface area contributed by atoms with Gasteiger partial charge in [-0.05, 0) is 60.5 Å². The molecule has 1 N–H and O–H groups in total. The fourth-order valence-electron chi connectivity index (χ4n) is 4.16. The van der Waals surface area contributed by atoms with Crippen LogP contribution in [0.3, 0.4) is 0 Å². The van der Waals surface area contributed by atoms with E-state index in [1.165, 1.54) is 25.4 Å². The summed E-state index contributed by atoms with van der Waals surface area (Å²) in [5.41, 5.74) is 0.970. The van der Waals surface area contributed by atoms with E-state index in [0.717, 1.165) is 12.8 Å². The number of Topliss-reactive ketones (excluding diaryl/α,β-unsaturated/α-hetero) is 1. The molecule has 0 aliphatic carbocycles. The lowest BCUT2D eigenvalue weighted by Crippen LogP contribution is -2.29. The van der Waals surface area contributed by atoms with E-state index in [2.05, 4.69) is 6.92 Å². The van der Waals surface area contributed by atoms with Crippen molar-refractivity contribution < 1.29 is 33.3 Å². The number of likely N-dealkylation sites (tertiary alicyclic amines) is 1. The normalized spacial score (nSPS) is 16.9. The molecule has 188 valence electrons. The van der Waals surface area contributed by atoms with Crippen LogP contribution in [0.25, 0.3) is 5.76 Å². The molecule has 1 aromatic heterocycles. The Balaban J connectivity index is 1.81. The molecule has 2 heterocycles. The third kappa shape index (κ3) is 4.93. The SMILES string of the molecule is CCCCOc1ccc(C2C(=C(O)c3ccc(OC)cc3)C(=O)C(=O)N2Cc2ccco2)cc1OC. The number of aliphatic hydroxyl groups is 1. The summed E-state index contributed by atoms with van der Waals surface area (Å²) < 4.78 is 22.0. The maximum atomic E-state index is 13.2. The van der Waals surface area contributed by atoms with Gasteiger partial charge in [0.25, 0.3) is 11.7 Å². The molecular weight excluding hydrogens is 462 g/mol. The van der Waals surface area contributed by atoms with Crippen LogP contribution in [0.1, 0.15) is 42.7 Å². The molecular formula is C28H29NO7. The molecule has 2 aromatic carbocycles. The molecule has 0 spiro atoms. The molecule has 1 fully saturated rings. The van der Waals surface area contributed by atoms with E-state index < -0.39 is 17.7 Å². The smallest absolute Gasteiger partial charge is 0.296 e. The zero-order valence-electron chi connectivity index (χ0n) is 20.5. The van der Waals surface area contributed by atoms with Gasteiger partial charge >= 0.3 is 0 Å². The van der Waals surface area contributed by atoms with Gasteiger partial charge in [-0.25, -0.2) is 0 Å². The number of hydrogen-bond acceptors (Lipinski definition) is 7. The van der Waals surface area contributed by atoms with Crippen molar-refractivity contribution in [1.29, 1.82) is 0 Å². The van der Waals surface area contributed by atoms with Crippen LogP contribution in [0.4, 0.5) is 0 Å². The van der Waals surface area contributed by atoms with Crippen molar-refractivity contribution >= 4 is 17.4 Å². The van der Waals surface area contributed by atoms with E-state index in [1.54, 1.807) is 54.6 Å². The van der Waals surface area contributed by atoms with Crippen LogP contribution in [0.2, 0.25) is 0 Å². The van der Waals surface area contributed by atoms with Gasteiger partial charge in [0.2, 0.25) is 0 Å². The van der Waals surface area contributed by atoms with Crippen molar-refractivity contribution in [2.45, 2.75) is 32.4 Å². The zero-order valence-corrected chi connectivity index (χ0v) is 20.5. The van der Waals surface area contributed by atoms with Gasteiger partial charge in [0, 0.05) is 5.56 Å². The zero-order chi connectivity index (χ0) is 25.7. The fourth-order valence-corrected chi connectivity index (χ4v) is 4.16. The number of hydrogen-bond donors (Lipinski definition) is 1. The average molecular weight is 492 g/mol. The Bertz CT molecular complexity index is 1250. The van der Waals surface area contributed by atoms with E-state index in [0.29, 0.717) is 40.7 Å². The molecule has 1 unspecified atom stereocenters. The third-order valence-electron chi connectivity index (χ3n) is 6.07. The van der Waals surface area contributed by atoms with E-state index in [-0.39, 0.29) is 17.9 Å². The number of methoxy groups -OCH3 is 2. The van der Waals surface area contributed by atoms with Crippen LogP contribution in [0.15, 0.2) is 70.9 Å². The highest BCUT2D eigenvalue weighted by Gasteiger charge is 2.46. The van der Waals surface area contributed by atoms with Gasteiger partial charge in [-0.3, -0.25) is 9.59 Å². The van der Waals surface area contributed by atoms with Crippen LogP contribution in [0, 0.1) is 0 Å². The van der Waals surface area contributed by atoms with Crippen LogP contribution >= 0.6 is 0 Å². The first-order valence-electron chi connectivity index (χ1n) is 11.7. The summed E-state index contributed by atoms with van der Waals surface area (Å²) in [6.07, 6.45) is 3.40. The number of amides is 1. The molecule has 0 radical (unpaired) electrons. The Labute approximate surface area is 209 Å². The molecule has 0 bridgehead atoms. The third-order valence-corrected chi connectivity index (χ3v) is 6.07. The highest BCUT2D eigenvalue weighted by Crippen LogP contribution is 2.42. The van der Waals surface area contributed by atoms with Crippen molar-refractivity contribution in [3.8, 4) is 17.2 Å². The number of furan rings is 1. The predicted molar refractivity (Wildman–Crippen MR) is 133 cm³/mol. The number of unbranched alkanes of at least 4 members (excludes halogenated alkanes) is 1. The topological polar surface area (TPSA) is 98.4 Å². The number of rotatable bonds is 10. The first-order chi connectivity index (χ1) is 17.5. The van der Waals surface area contributed by atoms with Crippen molar-refractivity contribution in [2.75, 3.05) is 20.8 Å². The highest BCUT2D eigenvalue weighted by molar-refractivity contribution is 6.46. The van der Waals surface area contributed by atoms with E-state index >= 15 is 0 Å².